The van der Waals surface area contributed by atoms with Gasteiger partial charge in [-0.3, -0.25) is 4.90 Å². The number of benzene rings is 1. The summed E-state index contributed by atoms with van der Waals surface area (Å²) in [4.78, 5) is 2.22. The second-order valence-electron chi connectivity index (χ2n) is 7.81. The third-order valence-corrected chi connectivity index (χ3v) is 6.23. The Balaban J connectivity index is 1.97. The summed E-state index contributed by atoms with van der Waals surface area (Å²) in [6, 6.07) is 2.66. The number of rotatable bonds is 4. The number of alkyl halides is 7. The summed E-state index contributed by atoms with van der Waals surface area (Å²) in [7, 11) is 0. The highest BCUT2D eigenvalue weighted by Crippen LogP contribution is 2.54. The molecular formula is C20H23F7N2. The predicted octanol–water partition coefficient (Wildman–Crippen LogP) is 5.33. The van der Waals surface area contributed by atoms with Gasteiger partial charge in [0.05, 0.1) is 0 Å². The fourth-order valence-corrected chi connectivity index (χ4v) is 4.89. The maximum atomic E-state index is 14.4. The van der Waals surface area contributed by atoms with Gasteiger partial charge in [0.1, 0.15) is 0 Å². The molecule has 29 heavy (non-hydrogen) atoms. The number of nitrogens with zero attached hydrogens (tertiary/aromatic N) is 1. The van der Waals surface area contributed by atoms with Gasteiger partial charge in [-0.15, -0.1) is 0 Å². The Morgan fingerprint density at radius 1 is 1.14 bits per heavy atom. The molecule has 2 unspecified atom stereocenters. The molecule has 162 valence electrons. The van der Waals surface area contributed by atoms with Gasteiger partial charge in [-0.25, -0.2) is 4.39 Å². The van der Waals surface area contributed by atoms with Crippen LogP contribution in [0, 0.1) is 0 Å². The monoisotopic (exact) mass is 424 g/mol. The molecule has 1 aliphatic carbocycles. The zero-order valence-electron chi connectivity index (χ0n) is 15.9. The topological polar surface area (TPSA) is 29.3 Å². The molecule has 0 amide bonds. The fourth-order valence-electron chi connectivity index (χ4n) is 4.89. The first-order valence-corrected chi connectivity index (χ1v) is 9.48. The van der Waals surface area contributed by atoms with Crippen LogP contribution >= 0.6 is 0 Å². The third-order valence-electron chi connectivity index (χ3n) is 6.23. The molecule has 0 spiro atoms. The van der Waals surface area contributed by atoms with Gasteiger partial charge in [0.25, 0.3) is 0 Å². The Bertz CT molecular complexity index is 770. The normalized spacial score (nSPS) is 24.1. The summed E-state index contributed by atoms with van der Waals surface area (Å²) < 4.78 is 92.8. The Kier molecular flexibility index (Phi) is 5.43. The average Bonchev–Trinajstić information content (AvgIpc) is 3.03. The molecule has 3 atom stereocenters. The maximum Gasteiger partial charge on any atom is 0.435 e. The first-order valence-electron chi connectivity index (χ1n) is 9.48. The molecule has 1 aromatic carbocycles. The standard InChI is InChI=1S/C20H23F7N2/c1-3-16(11(2)28)29-9-8-15-14-6-5-13(10-12(14)4-7-17(15)29)18(21,19(22,23)24)20(25,26)27/h5-6,10,15-17H,2-4,7-9,28H2,1H3/t15-,16?,17?/m0/s1. The molecule has 2 aliphatic rings. The minimum Gasteiger partial charge on any atom is -0.401 e. The van der Waals surface area contributed by atoms with Crippen LogP contribution in [0.4, 0.5) is 30.7 Å². The van der Waals surface area contributed by atoms with Gasteiger partial charge in [0, 0.05) is 29.3 Å². The number of hydrogen-bond donors (Lipinski definition) is 1. The molecule has 1 fully saturated rings. The lowest BCUT2D eigenvalue weighted by Crippen LogP contribution is -2.50. The first-order chi connectivity index (χ1) is 13.3. The Morgan fingerprint density at radius 2 is 1.76 bits per heavy atom. The molecule has 0 radical (unpaired) electrons. The van der Waals surface area contributed by atoms with E-state index in [9.17, 15) is 30.7 Å². The first kappa shape index (κ1) is 21.9. The molecule has 1 aliphatic heterocycles. The lowest BCUT2D eigenvalue weighted by Gasteiger charge is -2.38. The quantitative estimate of drug-likeness (QED) is 0.662. The summed E-state index contributed by atoms with van der Waals surface area (Å²) in [6.07, 6.45) is -9.90. The van der Waals surface area contributed by atoms with Crippen LogP contribution in [0.25, 0.3) is 0 Å². The number of likely N-dealkylation sites (tertiary alicyclic amines) is 1. The Hall–Kier alpha value is -1.77. The largest absolute Gasteiger partial charge is 0.435 e. The van der Waals surface area contributed by atoms with E-state index in [1.807, 2.05) is 6.92 Å². The molecule has 0 aromatic heterocycles. The van der Waals surface area contributed by atoms with Crippen LogP contribution in [0.15, 0.2) is 30.5 Å². The van der Waals surface area contributed by atoms with Gasteiger partial charge in [-0.1, -0.05) is 31.7 Å². The van der Waals surface area contributed by atoms with Crippen molar-refractivity contribution in [3.8, 4) is 0 Å². The van der Waals surface area contributed by atoms with Crippen molar-refractivity contribution in [2.24, 2.45) is 5.73 Å². The SMILES string of the molecule is C=C(N)C(CC)N1CC[C@H]2c3ccc(C(F)(C(F)(F)F)C(F)(F)F)cc3CCC21. The molecule has 1 aromatic rings. The molecule has 1 saturated heterocycles. The van der Waals surface area contributed by atoms with Crippen molar-refractivity contribution in [2.45, 2.75) is 68.6 Å². The minimum absolute atomic E-state index is 0.0280. The summed E-state index contributed by atoms with van der Waals surface area (Å²) in [6.45, 7) is 6.51. The number of nitrogens with two attached hydrogens (primary N) is 1. The van der Waals surface area contributed by atoms with Gasteiger partial charge in [0.15, 0.2) is 0 Å². The summed E-state index contributed by atoms with van der Waals surface area (Å²) in [5.41, 5.74) is 0.674. The molecular weight excluding hydrogens is 401 g/mol. The van der Waals surface area contributed by atoms with E-state index in [0.717, 1.165) is 12.5 Å². The number of aryl methyl sites for hydroxylation is 1. The Labute approximate surface area is 164 Å². The minimum atomic E-state index is -6.10. The Morgan fingerprint density at radius 3 is 2.28 bits per heavy atom. The van der Waals surface area contributed by atoms with Gasteiger partial charge in [-0.2, -0.15) is 26.3 Å². The van der Waals surface area contributed by atoms with Crippen LogP contribution in [0.3, 0.4) is 0 Å². The van der Waals surface area contributed by atoms with Crippen molar-refractivity contribution in [2.75, 3.05) is 6.54 Å². The molecule has 0 saturated carbocycles. The van der Waals surface area contributed by atoms with Crippen LogP contribution in [0.1, 0.15) is 48.8 Å². The van der Waals surface area contributed by atoms with Crippen molar-refractivity contribution in [3.63, 3.8) is 0 Å². The highest BCUT2D eigenvalue weighted by Gasteiger charge is 2.73. The smallest absolute Gasteiger partial charge is 0.401 e. The van der Waals surface area contributed by atoms with E-state index in [4.69, 9.17) is 5.73 Å². The van der Waals surface area contributed by atoms with Crippen molar-refractivity contribution in [1.29, 1.82) is 0 Å². The number of halogens is 7. The van der Waals surface area contributed by atoms with Crippen LogP contribution in [0.2, 0.25) is 0 Å². The molecule has 0 bridgehead atoms. The van der Waals surface area contributed by atoms with Gasteiger partial charge in [-0.05, 0) is 43.4 Å². The summed E-state index contributed by atoms with van der Waals surface area (Å²) >= 11 is 0. The number of hydrogen-bond acceptors (Lipinski definition) is 2. The highest BCUT2D eigenvalue weighted by molar-refractivity contribution is 5.42. The second-order valence-corrected chi connectivity index (χ2v) is 7.81. The van der Waals surface area contributed by atoms with E-state index in [-0.39, 0.29) is 24.4 Å². The lowest BCUT2D eigenvalue weighted by atomic mass is 9.77. The van der Waals surface area contributed by atoms with Crippen LogP contribution < -0.4 is 5.73 Å². The van der Waals surface area contributed by atoms with Crippen LogP contribution in [-0.2, 0) is 12.1 Å². The highest BCUT2D eigenvalue weighted by atomic mass is 19.4. The molecule has 2 N–H and O–H groups in total. The summed E-state index contributed by atoms with van der Waals surface area (Å²) in [5.74, 6) is -0.0352. The van der Waals surface area contributed by atoms with E-state index in [2.05, 4.69) is 11.5 Å². The van der Waals surface area contributed by atoms with E-state index in [1.165, 1.54) is 6.07 Å². The van der Waals surface area contributed by atoms with E-state index < -0.39 is 23.6 Å². The zero-order chi connectivity index (χ0) is 21.8. The number of fused-ring (bicyclic) bond motifs is 3. The third kappa shape index (κ3) is 3.41. The second kappa shape index (κ2) is 7.18. The van der Waals surface area contributed by atoms with Crippen molar-refractivity contribution < 1.29 is 30.7 Å². The van der Waals surface area contributed by atoms with E-state index in [1.54, 1.807) is 0 Å². The average molecular weight is 424 g/mol. The lowest BCUT2D eigenvalue weighted by molar-refractivity contribution is -0.348. The molecule has 9 heteroatoms. The molecule has 2 nitrogen and oxygen atoms in total. The van der Waals surface area contributed by atoms with Crippen molar-refractivity contribution in [1.82, 2.24) is 4.90 Å². The van der Waals surface area contributed by atoms with Crippen molar-refractivity contribution in [3.05, 3.63) is 47.2 Å². The predicted molar refractivity (Wildman–Crippen MR) is 94.9 cm³/mol. The van der Waals surface area contributed by atoms with Gasteiger partial charge >= 0.3 is 18.0 Å². The summed E-state index contributed by atoms with van der Waals surface area (Å²) in [5, 5.41) is 0. The zero-order valence-corrected chi connectivity index (χ0v) is 15.9. The van der Waals surface area contributed by atoms with Crippen molar-refractivity contribution >= 4 is 0 Å². The van der Waals surface area contributed by atoms with Crippen LogP contribution in [-0.4, -0.2) is 35.9 Å². The van der Waals surface area contributed by atoms with Crippen LogP contribution in [0.5, 0.6) is 0 Å². The molecule has 1 heterocycles. The maximum absolute atomic E-state index is 14.4. The van der Waals surface area contributed by atoms with E-state index in [0.29, 0.717) is 42.3 Å². The van der Waals surface area contributed by atoms with E-state index >= 15 is 0 Å². The fraction of sp³-hybridized carbons (Fsp3) is 0.600. The van der Waals surface area contributed by atoms with Gasteiger partial charge in [0.2, 0.25) is 0 Å². The van der Waals surface area contributed by atoms with Gasteiger partial charge < -0.3 is 5.73 Å². The molecule has 3 rings (SSSR count).